The number of nitrogens with zero attached hydrogens (tertiary/aromatic N) is 4. The molecule has 1 N–H and O–H groups in total. The third kappa shape index (κ3) is 5.19. The standard InChI is InChI=1S/C17H29N5OS/c23-16(18-14-8-3-1-4-9-14)12-7-13-24-17-19-20-21-22(17)15-10-5-2-6-11-15/h14-15H,1-13H2,(H,18,23). The lowest BCUT2D eigenvalue weighted by Gasteiger charge is -2.22. The summed E-state index contributed by atoms with van der Waals surface area (Å²) in [7, 11) is 0. The molecule has 24 heavy (non-hydrogen) atoms. The van der Waals surface area contributed by atoms with Crippen LogP contribution in [0.2, 0.25) is 0 Å². The first-order valence-corrected chi connectivity index (χ1v) is 10.5. The number of nitrogens with one attached hydrogen (secondary N) is 1. The molecule has 6 nitrogen and oxygen atoms in total. The number of rotatable bonds is 7. The molecule has 0 bridgehead atoms. The fourth-order valence-electron chi connectivity index (χ4n) is 3.78. The lowest BCUT2D eigenvalue weighted by molar-refractivity contribution is -0.122. The summed E-state index contributed by atoms with van der Waals surface area (Å²) in [6.45, 7) is 0. The smallest absolute Gasteiger partial charge is 0.220 e. The van der Waals surface area contributed by atoms with Gasteiger partial charge >= 0.3 is 0 Å². The van der Waals surface area contributed by atoms with Crippen molar-refractivity contribution < 1.29 is 4.79 Å². The van der Waals surface area contributed by atoms with Crippen molar-refractivity contribution in [3.05, 3.63) is 0 Å². The van der Waals surface area contributed by atoms with Crippen molar-refractivity contribution in [3.63, 3.8) is 0 Å². The molecule has 0 unspecified atom stereocenters. The number of carbonyl (C=O) groups is 1. The van der Waals surface area contributed by atoms with Crippen LogP contribution in [0.3, 0.4) is 0 Å². The Bertz CT molecular complexity index is 509. The van der Waals surface area contributed by atoms with Crippen LogP contribution < -0.4 is 5.32 Å². The Morgan fingerprint density at radius 1 is 1.08 bits per heavy atom. The number of tetrazole rings is 1. The van der Waals surface area contributed by atoms with E-state index in [1.807, 2.05) is 4.68 Å². The van der Waals surface area contributed by atoms with Gasteiger partial charge in [-0.25, -0.2) is 4.68 Å². The molecule has 0 aliphatic heterocycles. The summed E-state index contributed by atoms with van der Waals surface area (Å²) in [6.07, 6.45) is 13.9. The van der Waals surface area contributed by atoms with Crippen LogP contribution in [0.1, 0.15) is 83.1 Å². The summed E-state index contributed by atoms with van der Waals surface area (Å²) in [5.41, 5.74) is 0. The van der Waals surface area contributed by atoms with E-state index in [0.29, 0.717) is 18.5 Å². The third-order valence-corrected chi connectivity index (χ3v) is 6.15. The predicted molar refractivity (Wildman–Crippen MR) is 94.9 cm³/mol. The Labute approximate surface area is 148 Å². The predicted octanol–water partition coefficient (Wildman–Crippen LogP) is 3.50. The van der Waals surface area contributed by atoms with Crippen LogP contribution >= 0.6 is 11.8 Å². The average Bonchev–Trinajstić information content (AvgIpc) is 3.09. The maximum Gasteiger partial charge on any atom is 0.220 e. The van der Waals surface area contributed by atoms with E-state index in [9.17, 15) is 4.79 Å². The number of hydrogen-bond acceptors (Lipinski definition) is 5. The molecule has 0 saturated heterocycles. The molecule has 1 aromatic heterocycles. The highest BCUT2D eigenvalue weighted by molar-refractivity contribution is 7.99. The zero-order chi connectivity index (χ0) is 16.6. The Morgan fingerprint density at radius 3 is 2.54 bits per heavy atom. The van der Waals surface area contributed by atoms with Crippen molar-refractivity contribution in [1.82, 2.24) is 25.5 Å². The molecule has 134 valence electrons. The van der Waals surface area contributed by atoms with Gasteiger partial charge in [0.05, 0.1) is 6.04 Å². The van der Waals surface area contributed by atoms with Crippen LogP contribution in [0.15, 0.2) is 5.16 Å². The zero-order valence-corrected chi connectivity index (χ0v) is 15.3. The van der Waals surface area contributed by atoms with Gasteiger partial charge in [-0.05, 0) is 42.5 Å². The van der Waals surface area contributed by atoms with Crippen LogP contribution in [-0.4, -0.2) is 37.9 Å². The van der Waals surface area contributed by atoms with Gasteiger partial charge in [0.1, 0.15) is 0 Å². The lowest BCUT2D eigenvalue weighted by atomic mass is 9.95. The Kier molecular flexibility index (Phi) is 6.93. The Morgan fingerprint density at radius 2 is 1.79 bits per heavy atom. The molecule has 7 heteroatoms. The molecule has 2 aliphatic carbocycles. The number of hydrogen-bond donors (Lipinski definition) is 1. The summed E-state index contributed by atoms with van der Waals surface area (Å²) in [6, 6.07) is 0.878. The summed E-state index contributed by atoms with van der Waals surface area (Å²) in [4.78, 5) is 12.0. The normalized spacial score (nSPS) is 20.2. The fraction of sp³-hybridized carbons (Fsp3) is 0.882. The summed E-state index contributed by atoms with van der Waals surface area (Å²) in [5.74, 6) is 1.10. The molecule has 1 amide bonds. The second kappa shape index (κ2) is 9.39. The van der Waals surface area contributed by atoms with Crippen LogP contribution in [0.5, 0.6) is 0 Å². The van der Waals surface area contributed by atoms with E-state index < -0.39 is 0 Å². The van der Waals surface area contributed by atoms with E-state index in [-0.39, 0.29) is 5.91 Å². The van der Waals surface area contributed by atoms with E-state index in [0.717, 1.165) is 30.2 Å². The minimum absolute atomic E-state index is 0.203. The average molecular weight is 352 g/mol. The van der Waals surface area contributed by atoms with E-state index in [2.05, 4.69) is 20.8 Å². The number of carbonyl (C=O) groups excluding carboxylic acids is 1. The number of amides is 1. The molecular formula is C17H29N5OS. The Balaban J connectivity index is 1.36. The van der Waals surface area contributed by atoms with Gasteiger partial charge in [-0.2, -0.15) is 0 Å². The van der Waals surface area contributed by atoms with E-state index >= 15 is 0 Å². The van der Waals surface area contributed by atoms with Crippen LogP contribution in [0, 0.1) is 0 Å². The van der Waals surface area contributed by atoms with Crippen LogP contribution in [-0.2, 0) is 4.79 Å². The van der Waals surface area contributed by atoms with Gasteiger partial charge in [-0.1, -0.05) is 50.3 Å². The van der Waals surface area contributed by atoms with Gasteiger partial charge in [0.25, 0.3) is 0 Å². The van der Waals surface area contributed by atoms with Crippen molar-refractivity contribution in [1.29, 1.82) is 0 Å². The highest BCUT2D eigenvalue weighted by Crippen LogP contribution is 2.30. The molecule has 1 aromatic rings. The topological polar surface area (TPSA) is 72.7 Å². The summed E-state index contributed by atoms with van der Waals surface area (Å²) in [5, 5.41) is 16.3. The monoisotopic (exact) mass is 351 g/mol. The number of thioether (sulfide) groups is 1. The van der Waals surface area contributed by atoms with Crippen molar-refractivity contribution >= 4 is 17.7 Å². The first-order chi connectivity index (χ1) is 11.8. The molecule has 0 atom stereocenters. The molecular weight excluding hydrogens is 322 g/mol. The SMILES string of the molecule is O=C(CCCSc1nnnn1C1CCCCC1)NC1CCCCC1. The molecule has 3 rings (SSSR count). The maximum atomic E-state index is 12.0. The first kappa shape index (κ1) is 17.7. The third-order valence-electron chi connectivity index (χ3n) is 5.13. The fourth-order valence-corrected chi connectivity index (χ4v) is 4.66. The molecule has 1 heterocycles. The maximum absolute atomic E-state index is 12.0. The quantitative estimate of drug-likeness (QED) is 0.601. The first-order valence-electron chi connectivity index (χ1n) is 9.53. The highest BCUT2D eigenvalue weighted by Gasteiger charge is 2.20. The molecule has 0 radical (unpaired) electrons. The van der Waals surface area contributed by atoms with E-state index in [1.54, 1.807) is 11.8 Å². The molecule has 2 saturated carbocycles. The zero-order valence-electron chi connectivity index (χ0n) is 14.5. The van der Waals surface area contributed by atoms with Crippen molar-refractivity contribution in [2.45, 2.75) is 94.3 Å². The number of aromatic nitrogens is 4. The van der Waals surface area contributed by atoms with Crippen molar-refractivity contribution in [3.8, 4) is 0 Å². The highest BCUT2D eigenvalue weighted by atomic mass is 32.2. The van der Waals surface area contributed by atoms with Crippen molar-refractivity contribution in [2.75, 3.05) is 5.75 Å². The van der Waals surface area contributed by atoms with Crippen LogP contribution in [0.25, 0.3) is 0 Å². The second-order valence-electron chi connectivity index (χ2n) is 7.05. The van der Waals surface area contributed by atoms with Gasteiger partial charge in [-0.15, -0.1) is 5.10 Å². The molecule has 0 spiro atoms. The van der Waals surface area contributed by atoms with Crippen molar-refractivity contribution in [2.24, 2.45) is 0 Å². The van der Waals surface area contributed by atoms with Gasteiger partial charge in [0.15, 0.2) is 0 Å². The molecule has 2 fully saturated rings. The minimum atomic E-state index is 0.203. The van der Waals surface area contributed by atoms with Gasteiger partial charge in [0.2, 0.25) is 11.1 Å². The van der Waals surface area contributed by atoms with Gasteiger partial charge in [-0.3, -0.25) is 4.79 Å². The Hall–Kier alpha value is -1.11. The van der Waals surface area contributed by atoms with Crippen LogP contribution in [0.4, 0.5) is 0 Å². The molecule has 0 aromatic carbocycles. The van der Waals surface area contributed by atoms with E-state index in [1.165, 1.54) is 51.4 Å². The molecule has 2 aliphatic rings. The largest absolute Gasteiger partial charge is 0.353 e. The van der Waals surface area contributed by atoms with Gasteiger partial charge in [0, 0.05) is 18.2 Å². The second-order valence-corrected chi connectivity index (χ2v) is 8.11. The minimum Gasteiger partial charge on any atom is -0.353 e. The summed E-state index contributed by atoms with van der Waals surface area (Å²) < 4.78 is 2.01. The van der Waals surface area contributed by atoms with E-state index in [4.69, 9.17) is 0 Å². The lowest BCUT2D eigenvalue weighted by Crippen LogP contribution is -2.36. The summed E-state index contributed by atoms with van der Waals surface area (Å²) >= 11 is 1.68. The van der Waals surface area contributed by atoms with Gasteiger partial charge < -0.3 is 5.32 Å².